The molecule has 19 heavy (non-hydrogen) atoms. The van der Waals surface area contributed by atoms with Crippen molar-refractivity contribution in [3.05, 3.63) is 5.28 Å². The van der Waals surface area contributed by atoms with Gasteiger partial charge in [-0.05, 0) is 45.1 Å². The van der Waals surface area contributed by atoms with Gasteiger partial charge in [-0.25, -0.2) is 0 Å². The molecule has 0 atom stereocenters. The van der Waals surface area contributed by atoms with E-state index >= 15 is 0 Å². The molecule has 1 aromatic heterocycles. The van der Waals surface area contributed by atoms with Crippen LogP contribution in [0.3, 0.4) is 0 Å². The van der Waals surface area contributed by atoms with Gasteiger partial charge in [0.15, 0.2) is 0 Å². The van der Waals surface area contributed by atoms with Crippen LogP contribution >= 0.6 is 11.6 Å². The highest BCUT2D eigenvalue weighted by Crippen LogP contribution is 2.14. The van der Waals surface area contributed by atoms with Crippen molar-refractivity contribution in [1.82, 2.24) is 19.9 Å². The first-order chi connectivity index (χ1) is 9.02. The van der Waals surface area contributed by atoms with Crippen molar-refractivity contribution in [3.8, 4) is 6.01 Å². The van der Waals surface area contributed by atoms with Crippen LogP contribution in [0.1, 0.15) is 19.8 Å². The molecule has 0 saturated heterocycles. The maximum Gasteiger partial charge on any atom is 0.322 e. The van der Waals surface area contributed by atoms with Crippen molar-refractivity contribution in [2.45, 2.75) is 19.8 Å². The minimum Gasteiger partial charge on any atom is -0.463 e. The van der Waals surface area contributed by atoms with E-state index in [-0.39, 0.29) is 11.3 Å². The summed E-state index contributed by atoms with van der Waals surface area (Å²) in [6, 6.07) is 0.288. The van der Waals surface area contributed by atoms with Gasteiger partial charge in [-0.3, -0.25) is 0 Å². The van der Waals surface area contributed by atoms with Gasteiger partial charge < -0.3 is 14.5 Å². The number of rotatable bonds is 8. The molecule has 0 saturated carbocycles. The highest BCUT2D eigenvalue weighted by atomic mass is 35.5. The standard InChI is InChI=1S/C12H22ClN5O/c1-5-9-19-12-15-10(13)14-11(16-12)18(4)8-6-7-17(2)3/h5-9H2,1-4H3. The molecule has 0 fully saturated rings. The summed E-state index contributed by atoms with van der Waals surface area (Å²) < 4.78 is 5.39. The molecule has 0 N–H and O–H groups in total. The second kappa shape index (κ2) is 8.12. The molecule has 0 radical (unpaired) electrons. The zero-order valence-corrected chi connectivity index (χ0v) is 12.8. The molecule has 108 valence electrons. The fraction of sp³-hybridized carbons (Fsp3) is 0.750. The van der Waals surface area contributed by atoms with Crippen molar-refractivity contribution in [3.63, 3.8) is 0 Å². The van der Waals surface area contributed by atoms with Gasteiger partial charge in [0, 0.05) is 13.6 Å². The molecule has 1 aromatic rings. The molecular formula is C12H22ClN5O. The second-order valence-electron chi connectivity index (χ2n) is 4.61. The monoisotopic (exact) mass is 287 g/mol. The lowest BCUT2D eigenvalue weighted by molar-refractivity contribution is 0.291. The average molecular weight is 288 g/mol. The SMILES string of the molecule is CCCOc1nc(Cl)nc(N(C)CCCN(C)C)n1. The predicted molar refractivity (Wildman–Crippen MR) is 77.1 cm³/mol. The van der Waals surface area contributed by atoms with Gasteiger partial charge in [-0.2, -0.15) is 15.0 Å². The Bertz CT molecular complexity index is 388. The molecule has 1 heterocycles. The van der Waals surface area contributed by atoms with E-state index in [0.29, 0.717) is 12.6 Å². The summed E-state index contributed by atoms with van der Waals surface area (Å²) >= 11 is 5.88. The van der Waals surface area contributed by atoms with Gasteiger partial charge in [0.2, 0.25) is 11.2 Å². The Morgan fingerprint density at radius 2 is 1.84 bits per heavy atom. The summed E-state index contributed by atoms with van der Waals surface area (Å²) in [5, 5.41) is 0.163. The topological polar surface area (TPSA) is 54.4 Å². The molecule has 0 unspecified atom stereocenters. The highest BCUT2D eigenvalue weighted by molar-refractivity contribution is 6.28. The lowest BCUT2D eigenvalue weighted by atomic mass is 10.4. The Balaban J connectivity index is 2.62. The van der Waals surface area contributed by atoms with Gasteiger partial charge in [0.25, 0.3) is 0 Å². The summed E-state index contributed by atoms with van der Waals surface area (Å²) in [6.45, 7) is 4.47. The molecular weight excluding hydrogens is 266 g/mol. The number of nitrogens with zero attached hydrogens (tertiary/aromatic N) is 5. The molecule has 7 heteroatoms. The van der Waals surface area contributed by atoms with Gasteiger partial charge in [0.1, 0.15) is 0 Å². The second-order valence-corrected chi connectivity index (χ2v) is 4.95. The Kier molecular flexibility index (Phi) is 6.80. The van der Waals surface area contributed by atoms with Gasteiger partial charge >= 0.3 is 6.01 Å². The largest absolute Gasteiger partial charge is 0.463 e. The minimum absolute atomic E-state index is 0.163. The maximum atomic E-state index is 5.88. The number of hydrogen-bond acceptors (Lipinski definition) is 6. The first-order valence-corrected chi connectivity index (χ1v) is 6.81. The quantitative estimate of drug-likeness (QED) is 0.725. The van der Waals surface area contributed by atoms with Crippen LogP contribution in [-0.2, 0) is 0 Å². The van der Waals surface area contributed by atoms with Crippen LogP contribution in [0.2, 0.25) is 5.28 Å². The van der Waals surface area contributed by atoms with E-state index in [1.807, 2.05) is 18.9 Å². The Labute approximate surface area is 119 Å². The molecule has 0 bridgehead atoms. The van der Waals surface area contributed by atoms with Crippen LogP contribution in [0, 0.1) is 0 Å². The van der Waals surface area contributed by atoms with E-state index in [9.17, 15) is 0 Å². The summed E-state index contributed by atoms with van der Waals surface area (Å²) in [5.41, 5.74) is 0. The predicted octanol–water partition coefficient (Wildman–Crippen LogP) is 1.70. The molecule has 6 nitrogen and oxygen atoms in total. The van der Waals surface area contributed by atoms with Gasteiger partial charge in [-0.1, -0.05) is 6.92 Å². The first-order valence-electron chi connectivity index (χ1n) is 6.43. The first kappa shape index (κ1) is 15.9. The molecule has 0 aliphatic carbocycles. The molecule has 0 aromatic carbocycles. The normalized spacial score (nSPS) is 10.8. The summed E-state index contributed by atoms with van der Waals surface area (Å²) in [4.78, 5) is 16.4. The van der Waals surface area contributed by atoms with Crippen LogP contribution in [0.5, 0.6) is 6.01 Å². The minimum atomic E-state index is 0.163. The summed E-state index contributed by atoms with van der Waals surface area (Å²) in [6.07, 6.45) is 1.93. The van der Waals surface area contributed by atoms with Crippen molar-refractivity contribution in [1.29, 1.82) is 0 Å². The number of anilines is 1. The molecule has 1 rings (SSSR count). The third kappa shape index (κ3) is 6.02. The van der Waals surface area contributed by atoms with Crippen molar-refractivity contribution in [2.75, 3.05) is 45.7 Å². The van der Waals surface area contributed by atoms with E-state index < -0.39 is 0 Å². The third-order valence-corrected chi connectivity index (χ3v) is 2.62. The summed E-state index contributed by atoms with van der Waals surface area (Å²) in [7, 11) is 6.04. The maximum absolute atomic E-state index is 5.88. The molecule has 0 spiro atoms. The highest BCUT2D eigenvalue weighted by Gasteiger charge is 2.10. The molecule has 0 aliphatic heterocycles. The van der Waals surface area contributed by atoms with Gasteiger partial charge in [-0.15, -0.1) is 0 Å². The van der Waals surface area contributed by atoms with Crippen molar-refractivity contribution in [2.24, 2.45) is 0 Å². The van der Waals surface area contributed by atoms with E-state index in [1.54, 1.807) is 0 Å². The van der Waals surface area contributed by atoms with E-state index in [4.69, 9.17) is 16.3 Å². The zero-order chi connectivity index (χ0) is 14.3. The lowest BCUT2D eigenvalue weighted by Gasteiger charge is -2.18. The Morgan fingerprint density at radius 3 is 2.47 bits per heavy atom. The Morgan fingerprint density at radius 1 is 1.11 bits per heavy atom. The fourth-order valence-electron chi connectivity index (χ4n) is 1.47. The third-order valence-electron chi connectivity index (χ3n) is 2.45. The average Bonchev–Trinajstić information content (AvgIpc) is 2.35. The summed E-state index contributed by atoms with van der Waals surface area (Å²) in [5.74, 6) is 0.546. The number of ether oxygens (including phenoxy) is 1. The van der Waals surface area contributed by atoms with Crippen LogP contribution in [0.15, 0.2) is 0 Å². The van der Waals surface area contributed by atoms with Crippen LogP contribution in [0.4, 0.5) is 5.95 Å². The smallest absolute Gasteiger partial charge is 0.322 e. The number of aromatic nitrogens is 3. The number of hydrogen-bond donors (Lipinski definition) is 0. The van der Waals surface area contributed by atoms with Gasteiger partial charge in [0.05, 0.1) is 6.61 Å². The van der Waals surface area contributed by atoms with E-state index in [2.05, 4.69) is 33.9 Å². The fourth-order valence-corrected chi connectivity index (χ4v) is 1.62. The van der Waals surface area contributed by atoms with E-state index in [0.717, 1.165) is 25.9 Å². The van der Waals surface area contributed by atoms with Crippen molar-refractivity contribution >= 4 is 17.5 Å². The van der Waals surface area contributed by atoms with Crippen molar-refractivity contribution < 1.29 is 4.74 Å². The molecule has 0 amide bonds. The molecule has 0 aliphatic rings. The van der Waals surface area contributed by atoms with Crippen LogP contribution < -0.4 is 9.64 Å². The number of halogens is 1. The van der Waals surface area contributed by atoms with E-state index in [1.165, 1.54) is 0 Å². The Hall–Kier alpha value is -1.14. The lowest BCUT2D eigenvalue weighted by Crippen LogP contribution is -2.25. The zero-order valence-electron chi connectivity index (χ0n) is 12.1. The van der Waals surface area contributed by atoms with Crippen LogP contribution in [0.25, 0.3) is 0 Å². The van der Waals surface area contributed by atoms with Crippen LogP contribution in [-0.4, -0.2) is 60.7 Å².